The summed E-state index contributed by atoms with van der Waals surface area (Å²) in [4.78, 5) is 18.6. The smallest absolute Gasteiger partial charge is 0.318 e. The molecule has 6 heteroatoms. The molecule has 0 aliphatic heterocycles. The molecule has 23 heavy (non-hydrogen) atoms. The summed E-state index contributed by atoms with van der Waals surface area (Å²) in [5.74, 6) is 0.435. The highest BCUT2D eigenvalue weighted by Gasteiger charge is 2.40. The van der Waals surface area contributed by atoms with E-state index in [4.69, 9.17) is 4.74 Å². The lowest BCUT2D eigenvalue weighted by molar-refractivity contribution is 0.146. The van der Waals surface area contributed by atoms with Crippen LogP contribution in [0.1, 0.15) is 22.9 Å². The molecule has 0 spiro atoms. The van der Waals surface area contributed by atoms with Crippen LogP contribution in [0.5, 0.6) is 0 Å². The number of hydrogen-bond donors (Lipinski definition) is 1. The van der Waals surface area contributed by atoms with Gasteiger partial charge in [-0.2, -0.15) is 0 Å². The number of nitrogens with zero attached hydrogens (tertiary/aromatic N) is 2. The second kappa shape index (κ2) is 7.57. The minimum Gasteiger partial charge on any atom is -0.383 e. The van der Waals surface area contributed by atoms with Gasteiger partial charge in [-0.05, 0) is 12.0 Å². The number of nitrogens with one attached hydrogen (secondary N) is 1. The maximum absolute atomic E-state index is 12.5. The van der Waals surface area contributed by atoms with Crippen molar-refractivity contribution in [3.63, 3.8) is 0 Å². The molecule has 0 radical (unpaired) electrons. The third-order valence-corrected chi connectivity index (χ3v) is 4.75. The van der Waals surface area contributed by atoms with Crippen LogP contribution in [0, 0.1) is 0 Å². The fourth-order valence-corrected chi connectivity index (χ4v) is 3.25. The quantitative estimate of drug-likeness (QED) is 0.849. The van der Waals surface area contributed by atoms with Crippen molar-refractivity contribution < 1.29 is 9.53 Å². The van der Waals surface area contributed by atoms with E-state index in [9.17, 15) is 4.79 Å². The van der Waals surface area contributed by atoms with Crippen molar-refractivity contribution >= 4 is 17.4 Å². The molecule has 1 saturated carbocycles. The van der Waals surface area contributed by atoms with Crippen LogP contribution < -0.4 is 5.32 Å². The number of carbonyl (C=O) groups excluding carboxylic acids is 1. The normalized spacial score (nSPS) is 19.3. The van der Waals surface area contributed by atoms with Crippen LogP contribution in [0.2, 0.25) is 0 Å². The molecule has 1 aromatic heterocycles. The van der Waals surface area contributed by atoms with Crippen LogP contribution in [0.25, 0.3) is 0 Å². The number of carbonyl (C=O) groups is 1. The van der Waals surface area contributed by atoms with E-state index in [1.165, 1.54) is 5.56 Å². The number of thiazole rings is 1. The molecule has 1 aliphatic carbocycles. The zero-order valence-corrected chi connectivity index (χ0v) is 14.0. The van der Waals surface area contributed by atoms with Gasteiger partial charge in [-0.25, -0.2) is 9.78 Å². The Morgan fingerprint density at radius 2 is 2.26 bits per heavy atom. The summed E-state index contributed by atoms with van der Waals surface area (Å²) in [7, 11) is 1.64. The van der Waals surface area contributed by atoms with Crippen molar-refractivity contribution in [3.8, 4) is 0 Å². The first-order chi connectivity index (χ1) is 11.3. The fourth-order valence-electron chi connectivity index (χ4n) is 2.62. The third-order valence-electron chi connectivity index (χ3n) is 3.99. The van der Waals surface area contributed by atoms with Gasteiger partial charge in [0, 0.05) is 37.2 Å². The van der Waals surface area contributed by atoms with E-state index in [2.05, 4.69) is 22.4 Å². The number of hydrogen-bond acceptors (Lipinski definition) is 4. The highest BCUT2D eigenvalue weighted by atomic mass is 32.1. The van der Waals surface area contributed by atoms with Gasteiger partial charge in [0.2, 0.25) is 0 Å². The van der Waals surface area contributed by atoms with Gasteiger partial charge in [-0.3, -0.25) is 0 Å². The van der Waals surface area contributed by atoms with Crippen LogP contribution >= 0.6 is 11.3 Å². The third kappa shape index (κ3) is 4.30. The summed E-state index contributed by atoms with van der Waals surface area (Å²) < 4.78 is 5.11. The van der Waals surface area contributed by atoms with Gasteiger partial charge in [-0.15, -0.1) is 11.3 Å². The Morgan fingerprint density at radius 1 is 1.43 bits per heavy atom. The van der Waals surface area contributed by atoms with Crippen LogP contribution in [-0.2, 0) is 11.3 Å². The predicted octanol–water partition coefficient (Wildman–Crippen LogP) is 2.86. The average molecular weight is 331 g/mol. The summed E-state index contributed by atoms with van der Waals surface area (Å²) in [5.41, 5.74) is 1.29. The van der Waals surface area contributed by atoms with E-state index in [1.807, 2.05) is 23.6 Å². The van der Waals surface area contributed by atoms with E-state index < -0.39 is 0 Å². The molecule has 0 unspecified atom stereocenters. The second-order valence-electron chi connectivity index (χ2n) is 5.65. The summed E-state index contributed by atoms with van der Waals surface area (Å²) in [5, 5.41) is 5.99. The summed E-state index contributed by atoms with van der Waals surface area (Å²) in [6, 6.07) is 10.5. The highest BCUT2D eigenvalue weighted by molar-refractivity contribution is 7.09. The SMILES string of the molecule is COCCN(Cc1nccs1)C(=O)N[C@@H]1C[C@H]1c1ccccc1. The predicted molar refractivity (Wildman–Crippen MR) is 90.5 cm³/mol. The maximum atomic E-state index is 12.5. The molecule has 2 atom stereocenters. The Kier molecular flexibility index (Phi) is 5.25. The lowest BCUT2D eigenvalue weighted by Gasteiger charge is -2.22. The van der Waals surface area contributed by atoms with Gasteiger partial charge < -0.3 is 15.0 Å². The van der Waals surface area contributed by atoms with Crippen LogP contribution in [0.15, 0.2) is 41.9 Å². The van der Waals surface area contributed by atoms with E-state index in [0.717, 1.165) is 11.4 Å². The van der Waals surface area contributed by atoms with Crippen LogP contribution in [0.3, 0.4) is 0 Å². The summed E-state index contributed by atoms with van der Waals surface area (Å²) in [6.07, 6.45) is 2.77. The first kappa shape index (κ1) is 16.0. The highest BCUT2D eigenvalue weighted by Crippen LogP contribution is 2.40. The van der Waals surface area contributed by atoms with E-state index in [-0.39, 0.29) is 12.1 Å². The van der Waals surface area contributed by atoms with Gasteiger partial charge in [-0.1, -0.05) is 30.3 Å². The van der Waals surface area contributed by atoms with Crippen LogP contribution in [0.4, 0.5) is 4.79 Å². The van der Waals surface area contributed by atoms with Gasteiger partial charge in [0.25, 0.3) is 0 Å². The first-order valence-corrected chi connectivity index (χ1v) is 8.63. The molecule has 0 bridgehead atoms. The van der Waals surface area contributed by atoms with Crippen molar-refractivity contribution in [2.75, 3.05) is 20.3 Å². The molecule has 1 aliphatic rings. The van der Waals surface area contributed by atoms with E-state index in [1.54, 1.807) is 29.5 Å². The van der Waals surface area contributed by atoms with Gasteiger partial charge >= 0.3 is 6.03 Å². The molecule has 2 aromatic rings. The molecule has 2 amide bonds. The topological polar surface area (TPSA) is 54.5 Å². The van der Waals surface area contributed by atoms with Gasteiger partial charge in [0.15, 0.2) is 0 Å². The minimum atomic E-state index is -0.0410. The Morgan fingerprint density at radius 3 is 2.96 bits per heavy atom. The zero-order valence-electron chi connectivity index (χ0n) is 13.1. The zero-order chi connectivity index (χ0) is 16.1. The number of benzene rings is 1. The Balaban J connectivity index is 1.56. The second-order valence-corrected chi connectivity index (χ2v) is 6.63. The molecular formula is C17H21N3O2S. The molecule has 122 valence electrons. The number of rotatable bonds is 7. The van der Waals surface area contributed by atoms with E-state index >= 15 is 0 Å². The average Bonchev–Trinajstić information content (AvgIpc) is 3.14. The molecule has 5 nitrogen and oxygen atoms in total. The molecule has 1 heterocycles. The molecule has 0 saturated heterocycles. The molecule has 1 aromatic carbocycles. The molecule has 1 N–H and O–H groups in total. The van der Waals surface area contributed by atoms with Gasteiger partial charge in [0.1, 0.15) is 5.01 Å². The standard InChI is InChI=1S/C17H21N3O2S/c1-22-9-8-20(12-16-18-7-10-23-16)17(21)19-15-11-14(15)13-5-3-2-4-6-13/h2-7,10,14-15H,8-9,11-12H2,1H3,(H,19,21)/t14-,15+/m0/s1. The van der Waals surface area contributed by atoms with Crippen molar-refractivity contribution in [2.24, 2.45) is 0 Å². The number of methoxy groups -OCH3 is 1. The lowest BCUT2D eigenvalue weighted by Crippen LogP contribution is -2.42. The first-order valence-electron chi connectivity index (χ1n) is 7.75. The van der Waals surface area contributed by atoms with Crippen molar-refractivity contribution in [1.82, 2.24) is 15.2 Å². The van der Waals surface area contributed by atoms with Crippen LogP contribution in [-0.4, -0.2) is 42.2 Å². The minimum absolute atomic E-state index is 0.0410. The summed E-state index contributed by atoms with van der Waals surface area (Å²) >= 11 is 1.56. The molecular weight excluding hydrogens is 310 g/mol. The Labute approximate surface area is 140 Å². The number of amides is 2. The summed E-state index contributed by atoms with van der Waals surface area (Å²) in [6.45, 7) is 1.60. The van der Waals surface area contributed by atoms with Crippen molar-refractivity contribution in [3.05, 3.63) is 52.5 Å². The fraction of sp³-hybridized carbons (Fsp3) is 0.412. The lowest BCUT2D eigenvalue weighted by atomic mass is 10.1. The monoisotopic (exact) mass is 331 g/mol. The molecule has 3 rings (SSSR count). The number of urea groups is 1. The van der Waals surface area contributed by atoms with Gasteiger partial charge in [0.05, 0.1) is 13.2 Å². The van der Waals surface area contributed by atoms with Crippen molar-refractivity contribution in [1.29, 1.82) is 0 Å². The largest absolute Gasteiger partial charge is 0.383 e. The molecule has 1 fully saturated rings. The number of ether oxygens (including phenoxy) is 1. The maximum Gasteiger partial charge on any atom is 0.318 e. The Bertz CT molecular complexity index is 618. The Hall–Kier alpha value is -1.92. The van der Waals surface area contributed by atoms with E-state index in [0.29, 0.717) is 25.6 Å². The van der Waals surface area contributed by atoms with Crippen molar-refractivity contribution in [2.45, 2.75) is 24.9 Å². The number of aromatic nitrogens is 1.